The van der Waals surface area contributed by atoms with Crippen molar-refractivity contribution in [1.29, 1.82) is 0 Å². The molecule has 110 valence electrons. The van der Waals surface area contributed by atoms with Gasteiger partial charge in [0.05, 0.1) is 35.1 Å². The Bertz CT molecular complexity index is 559. The van der Waals surface area contributed by atoms with Crippen LogP contribution in [0.25, 0.3) is 0 Å². The Labute approximate surface area is 127 Å². The van der Waals surface area contributed by atoms with Crippen LogP contribution in [0, 0.1) is 0 Å². The molecule has 1 N–H and O–H groups in total. The van der Waals surface area contributed by atoms with Gasteiger partial charge in [-0.15, -0.1) is 0 Å². The van der Waals surface area contributed by atoms with Gasteiger partial charge in [0.2, 0.25) is 0 Å². The highest BCUT2D eigenvalue weighted by atomic mass is 79.9. The number of rotatable bonds is 6. The van der Waals surface area contributed by atoms with Crippen molar-refractivity contribution in [2.75, 3.05) is 27.7 Å². The van der Waals surface area contributed by atoms with Crippen LogP contribution in [0.3, 0.4) is 0 Å². The molecule has 0 aromatic carbocycles. The molecule has 0 aliphatic carbocycles. The summed E-state index contributed by atoms with van der Waals surface area (Å²) in [6.45, 7) is 1.80. The number of hydrogen-bond acceptors (Lipinski definition) is 4. The minimum atomic E-state index is 0.0720. The highest BCUT2D eigenvalue weighted by Crippen LogP contribution is 2.28. The fourth-order valence-corrected chi connectivity index (χ4v) is 2.71. The van der Waals surface area contributed by atoms with Crippen LogP contribution < -0.4 is 5.32 Å². The maximum Gasteiger partial charge on any atom is 0.0788 e. The second kappa shape index (κ2) is 6.51. The topological polar surface area (TPSA) is 50.9 Å². The summed E-state index contributed by atoms with van der Waals surface area (Å²) in [6, 6.07) is 0.0720. The van der Waals surface area contributed by atoms with Crippen LogP contribution in [0.1, 0.15) is 17.3 Å². The molecule has 0 saturated heterocycles. The van der Waals surface area contributed by atoms with Crippen LogP contribution in [0.4, 0.5) is 0 Å². The fourth-order valence-electron chi connectivity index (χ4n) is 2.18. The Morgan fingerprint density at radius 3 is 2.65 bits per heavy atom. The molecule has 2 aromatic heterocycles. The van der Waals surface area contributed by atoms with Gasteiger partial charge >= 0.3 is 0 Å². The number of hydrogen-bond donors (Lipinski definition) is 1. The van der Waals surface area contributed by atoms with Crippen molar-refractivity contribution in [3.8, 4) is 0 Å². The summed E-state index contributed by atoms with van der Waals surface area (Å²) in [5.41, 5.74) is 2.25. The van der Waals surface area contributed by atoms with Gasteiger partial charge in [-0.25, -0.2) is 0 Å². The van der Waals surface area contributed by atoms with Gasteiger partial charge in [0.1, 0.15) is 0 Å². The third-order valence-electron chi connectivity index (χ3n) is 3.21. The Kier molecular flexibility index (Phi) is 4.95. The Morgan fingerprint density at radius 2 is 2.10 bits per heavy atom. The van der Waals surface area contributed by atoms with Gasteiger partial charge in [0, 0.05) is 25.4 Å². The lowest BCUT2D eigenvalue weighted by molar-refractivity contribution is 0.366. The molecule has 7 heteroatoms. The van der Waals surface area contributed by atoms with E-state index in [-0.39, 0.29) is 6.04 Å². The number of aryl methyl sites for hydroxylation is 1. The molecule has 0 fully saturated rings. The molecular weight excluding hydrogens is 320 g/mol. The van der Waals surface area contributed by atoms with Crippen LogP contribution >= 0.6 is 15.9 Å². The van der Waals surface area contributed by atoms with Gasteiger partial charge in [-0.05, 0) is 37.1 Å². The van der Waals surface area contributed by atoms with E-state index in [4.69, 9.17) is 0 Å². The van der Waals surface area contributed by atoms with E-state index in [0.29, 0.717) is 0 Å². The second-order valence-electron chi connectivity index (χ2n) is 5.07. The molecule has 6 nitrogen and oxygen atoms in total. The minimum Gasteiger partial charge on any atom is -0.308 e. The first kappa shape index (κ1) is 15.2. The summed E-state index contributed by atoms with van der Waals surface area (Å²) in [7, 11) is 8.01. The van der Waals surface area contributed by atoms with Crippen LogP contribution in [0.5, 0.6) is 0 Å². The normalized spacial score (nSPS) is 13.1. The fraction of sp³-hybridized carbons (Fsp3) is 0.538. The van der Waals surface area contributed by atoms with Crippen LogP contribution in [0.2, 0.25) is 0 Å². The van der Waals surface area contributed by atoms with Gasteiger partial charge in [-0.1, -0.05) is 0 Å². The minimum absolute atomic E-state index is 0.0720. The predicted molar refractivity (Wildman–Crippen MR) is 82.6 cm³/mol. The third kappa shape index (κ3) is 3.28. The molecule has 0 amide bonds. The maximum absolute atomic E-state index is 4.46. The standard InChI is InChI=1S/C13H21BrN6/c1-15-12(10-7-16-19(4)9-10)13-11(14)8-17-20(13)6-5-18(2)3/h7-9,12,15H,5-6H2,1-4H3. The lowest BCUT2D eigenvalue weighted by atomic mass is 10.1. The third-order valence-corrected chi connectivity index (χ3v) is 3.82. The molecule has 2 aromatic rings. The number of halogens is 1. The molecule has 2 heterocycles. The van der Waals surface area contributed by atoms with Crippen LogP contribution in [0.15, 0.2) is 23.1 Å². The van der Waals surface area contributed by atoms with E-state index in [1.54, 1.807) is 0 Å². The molecule has 0 spiro atoms. The average molecular weight is 341 g/mol. The van der Waals surface area contributed by atoms with Crippen LogP contribution in [-0.2, 0) is 13.6 Å². The van der Waals surface area contributed by atoms with E-state index in [1.165, 1.54) is 0 Å². The van der Waals surface area contributed by atoms with Crippen molar-refractivity contribution in [2.45, 2.75) is 12.6 Å². The van der Waals surface area contributed by atoms with Gasteiger partial charge in [-0.2, -0.15) is 10.2 Å². The Balaban J connectivity index is 2.31. The Hall–Kier alpha value is -1.18. The zero-order valence-corrected chi connectivity index (χ0v) is 13.9. The number of aromatic nitrogens is 4. The first-order chi connectivity index (χ1) is 9.52. The molecule has 1 unspecified atom stereocenters. The number of likely N-dealkylation sites (N-methyl/N-ethyl adjacent to an activating group) is 1. The quantitative estimate of drug-likeness (QED) is 0.859. The monoisotopic (exact) mass is 340 g/mol. The zero-order chi connectivity index (χ0) is 14.7. The summed E-state index contributed by atoms with van der Waals surface area (Å²) in [6.07, 6.45) is 5.76. The second-order valence-corrected chi connectivity index (χ2v) is 5.93. The van der Waals surface area contributed by atoms with Gasteiger partial charge in [0.15, 0.2) is 0 Å². The van der Waals surface area contributed by atoms with Gasteiger partial charge < -0.3 is 10.2 Å². The Morgan fingerprint density at radius 1 is 1.35 bits per heavy atom. The molecule has 20 heavy (non-hydrogen) atoms. The van der Waals surface area contributed by atoms with Gasteiger partial charge in [0.25, 0.3) is 0 Å². The molecule has 0 aliphatic rings. The smallest absolute Gasteiger partial charge is 0.0788 e. The molecule has 0 saturated carbocycles. The first-order valence-electron chi connectivity index (χ1n) is 6.54. The summed E-state index contributed by atoms with van der Waals surface area (Å²) in [5.74, 6) is 0. The van der Waals surface area contributed by atoms with E-state index < -0.39 is 0 Å². The maximum atomic E-state index is 4.46. The van der Waals surface area contributed by atoms with Crippen molar-refractivity contribution >= 4 is 15.9 Å². The van der Waals surface area contributed by atoms with Crippen molar-refractivity contribution in [1.82, 2.24) is 29.8 Å². The van der Waals surface area contributed by atoms with Crippen molar-refractivity contribution in [2.24, 2.45) is 7.05 Å². The lowest BCUT2D eigenvalue weighted by Crippen LogP contribution is -2.25. The molecule has 1 atom stereocenters. The van der Waals surface area contributed by atoms with Crippen molar-refractivity contribution < 1.29 is 0 Å². The van der Waals surface area contributed by atoms with E-state index in [9.17, 15) is 0 Å². The summed E-state index contributed by atoms with van der Waals surface area (Å²) in [5, 5.41) is 12.1. The molecule has 0 radical (unpaired) electrons. The molecular formula is C13H21BrN6. The van der Waals surface area contributed by atoms with Crippen molar-refractivity contribution in [3.05, 3.63) is 34.3 Å². The largest absolute Gasteiger partial charge is 0.308 e. The average Bonchev–Trinajstić information content (AvgIpc) is 2.97. The highest BCUT2D eigenvalue weighted by molar-refractivity contribution is 9.10. The molecule has 0 bridgehead atoms. The summed E-state index contributed by atoms with van der Waals surface area (Å²) in [4.78, 5) is 2.15. The van der Waals surface area contributed by atoms with E-state index in [0.717, 1.165) is 28.8 Å². The van der Waals surface area contributed by atoms with Gasteiger partial charge in [-0.3, -0.25) is 9.36 Å². The summed E-state index contributed by atoms with van der Waals surface area (Å²) >= 11 is 3.61. The SMILES string of the molecule is CNC(c1cnn(C)c1)c1c(Br)cnn1CCN(C)C. The predicted octanol–water partition coefficient (Wildman–Crippen LogP) is 1.25. The lowest BCUT2D eigenvalue weighted by Gasteiger charge is -2.18. The highest BCUT2D eigenvalue weighted by Gasteiger charge is 2.21. The summed E-state index contributed by atoms with van der Waals surface area (Å²) < 4.78 is 4.87. The van der Waals surface area contributed by atoms with E-state index in [1.807, 2.05) is 42.0 Å². The molecule has 2 rings (SSSR count). The number of nitrogens with one attached hydrogen (secondary N) is 1. The van der Waals surface area contributed by atoms with E-state index >= 15 is 0 Å². The molecule has 0 aliphatic heterocycles. The van der Waals surface area contributed by atoms with Crippen LogP contribution in [-0.4, -0.2) is 52.1 Å². The van der Waals surface area contributed by atoms with E-state index in [2.05, 4.69) is 50.4 Å². The number of nitrogens with zero attached hydrogens (tertiary/aromatic N) is 5. The first-order valence-corrected chi connectivity index (χ1v) is 7.34. The zero-order valence-electron chi connectivity index (χ0n) is 12.3. The van der Waals surface area contributed by atoms with Crippen molar-refractivity contribution in [3.63, 3.8) is 0 Å².